The first kappa shape index (κ1) is 19.6. The molecule has 4 unspecified atom stereocenters. The lowest BCUT2D eigenvalue weighted by Gasteiger charge is -2.19. The number of nitrogens with two attached hydrogens (primary N) is 1. The number of hydrogen-bond donors (Lipinski definition) is 2. The molecule has 0 spiro atoms. The minimum absolute atomic E-state index is 0.224. The number of nitrogens with zero attached hydrogens (tertiary/aromatic N) is 4. The van der Waals surface area contributed by atoms with Crippen LogP contribution < -0.4 is 15.4 Å². The quantitative estimate of drug-likeness (QED) is 0.730. The molecule has 3 N–H and O–H groups in total. The fourth-order valence-corrected chi connectivity index (χ4v) is 3.40. The number of anilines is 2. The Morgan fingerprint density at radius 2 is 2.00 bits per heavy atom. The van der Waals surface area contributed by atoms with Crippen molar-refractivity contribution in [3.8, 4) is 11.5 Å². The van der Waals surface area contributed by atoms with Crippen molar-refractivity contribution in [1.82, 2.24) is 15.2 Å². The van der Waals surface area contributed by atoms with E-state index in [-0.39, 0.29) is 23.8 Å². The van der Waals surface area contributed by atoms with Crippen LogP contribution in [0.5, 0.6) is 0 Å². The number of nitrogens with one attached hydrogen (secondary N) is 1. The van der Waals surface area contributed by atoms with Crippen LogP contribution in [0.4, 0.5) is 11.6 Å². The predicted molar refractivity (Wildman–Crippen MR) is 104 cm³/mol. The van der Waals surface area contributed by atoms with E-state index in [1.165, 1.54) is 13.5 Å². The summed E-state index contributed by atoms with van der Waals surface area (Å²) in [5.41, 5.74) is 6.36. The summed E-state index contributed by atoms with van der Waals surface area (Å²) >= 11 is 0. The van der Waals surface area contributed by atoms with E-state index in [9.17, 15) is 8.42 Å². The highest BCUT2D eigenvalue weighted by atomic mass is 32.2. The maximum absolute atomic E-state index is 12.0. The number of aromatic nitrogens is 3. The van der Waals surface area contributed by atoms with E-state index in [1.54, 1.807) is 19.1 Å². The van der Waals surface area contributed by atoms with Gasteiger partial charge in [0.25, 0.3) is 0 Å². The number of pyridine rings is 1. The summed E-state index contributed by atoms with van der Waals surface area (Å²) in [6.45, 7) is 6.06. The smallest absolute Gasteiger partial charge is 0.248 e. The van der Waals surface area contributed by atoms with Crippen molar-refractivity contribution in [1.29, 1.82) is 0 Å². The second-order valence-corrected chi connectivity index (χ2v) is 9.39. The van der Waals surface area contributed by atoms with Crippen LogP contribution in [-0.2, 0) is 10.0 Å². The fraction of sp³-hybridized carbons (Fsp3) is 0.588. The summed E-state index contributed by atoms with van der Waals surface area (Å²) in [5, 5.41) is 11.3. The Bertz CT molecular complexity index is 927. The molecule has 1 aliphatic rings. The highest BCUT2D eigenvalue weighted by Crippen LogP contribution is 2.41. The lowest BCUT2D eigenvalue weighted by Crippen LogP contribution is -2.26. The molecule has 0 radical (unpaired) electrons. The van der Waals surface area contributed by atoms with Gasteiger partial charge in [-0.3, -0.25) is 4.31 Å². The van der Waals surface area contributed by atoms with Crippen LogP contribution >= 0.6 is 0 Å². The number of sulfonamides is 1. The first-order chi connectivity index (χ1) is 12.6. The predicted octanol–water partition coefficient (Wildman–Crippen LogP) is 2.00. The third-order valence-corrected chi connectivity index (χ3v) is 6.08. The summed E-state index contributed by atoms with van der Waals surface area (Å²) in [6, 6.07) is 3.22. The molecule has 1 aliphatic carbocycles. The minimum atomic E-state index is -3.46. The molecule has 0 amide bonds. The van der Waals surface area contributed by atoms with Crippen LogP contribution in [0, 0.1) is 11.8 Å². The van der Waals surface area contributed by atoms with Gasteiger partial charge in [0.15, 0.2) is 0 Å². The van der Waals surface area contributed by atoms with Crippen molar-refractivity contribution in [3.05, 3.63) is 18.0 Å². The largest absolute Gasteiger partial charge is 0.419 e. The standard InChI is InChI=1S/C17H26N6O3S/c1-9-6-13(9)11(3)19-14-7-12(17-22-21-16(26-17)10(2)18)8-15(20-14)23(4)27(5,24)25/h7-11,13H,6,18H2,1-5H3,(H,19,20). The molecule has 148 valence electrons. The molecule has 2 heterocycles. The highest BCUT2D eigenvalue weighted by molar-refractivity contribution is 7.92. The van der Waals surface area contributed by atoms with Crippen LogP contribution in [0.3, 0.4) is 0 Å². The maximum atomic E-state index is 12.0. The van der Waals surface area contributed by atoms with Gasteiger partial charge in [-0.05, 0) is 44.2 Å². The van der Waals surface area contributed by atoms with Crippen LogP contribution in [0.1, 0.15) is 39.1 Å². The summed E-state index contributed by atoms with van der Waals surface area (Å²) in [4.78, 5) is 4.46. The molecule has 0 bridgehead atoms. The van der Waals surface area contributed by atoms with Gasteiger partial charge in [-0.15, -0.1) is 10.2 Å². The van der Waals surface area contributed by atoms with Gasteiger partial charge in [0.1, 0.15) is 11.6 Å². The van der Waals surface area contributed by atoms with Crippen LogP contribution in [0.2, 0.25) is 0 Å². The Morgan fingerprint density at radius 3 is 2.52 bits per heavy atom. The molecule has 3 rings (SSSR count). The minimum Gasteiger partial charge on any atom is -0.419 e. The van der Waals surface area contributed by atoms with E-state index in [1.807, 2.05) is 0 Å². The average molecular weight is 395 g/mol. The highest BCUT2D eigenvalue weighted by Gasteiger charge is 2.37. The lowest BCUT2D eigenvalue weighted by atomic mass is 10.2. The van der Waals surface area contributed by atoms with Crippen molar-refractivity contribution < 1.29 is 12.8 Å². The molecule has 10 heteroatoms. The summed E-state index contributed by atoms with van der Waals surface area (Å²) in [7, 11) is -2.01. The lowest BCUT2D eigenvalue weighted by molar-refractivity contribution is 0.473. The Balaban J connectivity index is 1.99. The summed E-state index contributed by atoms with van der Waals surface area (Å²) < 4.78 is 30.7. The van der Waals surface area contributed by atoms with Gasteiger partial charge < -0.3 is 15.5 Å². The average Bonchev–Trinajstić information content (AvgIpc) is 3.11. The van der Waals surface area contributed by atoms with Gasteiger partial charge in [-0.2, -0.15) is 0 Å². The van der Waals surface area contributed by atoms with Crippen LogP contribution in [0.25, 0.3) is 11.5 Å². The maximum Gasteiger partial charge on any atom is 0.248 e. The molecule has 0 aromatic carbocycles. The van der Waals surface area contributed by atoms with Crippen molar-refractivity contribution in [2.45, 2.75) is 39.3 Å². The molecule has 2 aromatic heterocycles. The van der Waals surface area contributed by atoms with E-state index in [4.69, 9.17) is 10.2 Å². The fourth-order valence-electron chi connectivity index (χ4n) is 2.97. The van der Waals surface area contributed by atoms with E-state index in [0.29, 0.717) is 29.1 Å². The van der Waals surface area contributed by atoms with Gasteiger partial charge >= 0.3 is 0 Å². The van der Waals surface area contributed by atoms with E-state index in [0.717, 1.165) is 10.6 Å². The second-order valence-electron chi connectivity index (χ2n) is 7.37. The monoisotopic (exact) mass is 394 g/mol. The van der Waals surface area contributed by atoms with Crippen molar-refractivity contribution in [3.63, 3.8) is 0 Å². The Hall–Kier alpha value is -2.20. The van der Waals surface area contributed by atoms with Gasteiger partial charge in [0.2, 0.25) is 21.8 Å². The van der Waals surface area contributed by atoms with Gasteiger partial charge in [0, 0.05) is 18.7 Å². The Morgan fingerprint density at radius 1 is 1.33 bits per heavy atom. The Labute approximate surface area is 159 Å². The third-order valence-electron chi connectivity index (χ3n) is 4.90. The third kappa shape index (κ3) is 4.38. The van der Waals surface area contributed by atoms with Crippen molar-refractivity contribution in [2.75, 3.05) is 22.9 Å². The molecule has 4 atom stereocenters. The Kier molecular flexibility index (Phi) is 5.13. The zero-order valence-electron chi connectivity index (χ0n) is 16.2. The molecule has 1 fully saturated rings. The van der Waals surface area contributed by atoms with E-state index < -0.39 is 10.0 Å². The van der Waals surface area contributed by atoms with Crippen molar-refractivity contribution in [2.24, 2.45) is 17.6 Å². The summed E-state index contributed by atoms with van der Waals surface area (Å²) in [6.07, 6.45) is 2.30. The molecule has 0 saturated heterocycles. The first-order valence-corrected chi connectivity index (χ1v) is 10.7. The first-order valence-electron chi connectivity index (χ1n) is 8.88. The van der Waals surface area contributed by atoms with Crippen LogP contribution in [0.15, 0.2) is 16.5 Å². The van der Waals surface area contributed by atoms with Gasteiger partial charge in [-0.1, -0.05) is 6.92 Å². The molecule has 0 aliphatic heterocycles. The summed E-state index contributed by atoms with van der Waals surface area (Å²) in [5.74, 6) is 2.68. The molecule has 27 heavy (non-hydrogen) atoms. The molecule has 2 aromatic rings. The molecule has 9 nitrogen and oxygen atoms in total. The van der Waals surface area contributed by atoms with E-state index >= 15 is 0 Å². The normalized spacial score (nSPS) is 21.6. The van der Waals surface area contributed by atoms with Crippen molar-refractivity contribution >= 4 is 21.7 Å². The van der Waals surface area contributed by atoms with E-state index in [2.05, 4.69) is 34.3 Å². The number of rotatable bonds is 7. The van der Waals surface area contributed by atoms with Gasteiger partial charge in [0.05, 0.1) is 12.3 Å². The number of hydrogen-bond acceptors (Lipinski definition) is 8. The topological polar surface area (TPSA) is 127 Å². The molecule has 1 saturated carbocycles. The van der Waals surface area contributed by atoms with Crippen LogP contribution in [-0.4, -0.2) is 42.9 Å². The molecular weight excluding hydrogens is 368 g/mol. The van der Waals surface area contributed by atoms with Gasteiger partial charge in [-0.25, -0.2) is 13.4 Å². The zero-order valence-corrected chi connectivity index (χ0v) is 17.0. The second kappa shape index (κ2) is 7.08. The SMILES string of the molecule is CC(N)c1nnc(-c2cc(NC(C)C3CC3C)nc(N(C)S(C)(=O)=O)c2)o1. The molecular formula is C17H26N6O3S. The zero-order chi connectivity index (χ0) is 19.9.